The van der Waals surface area contributed by atoms with Gasteiger partial charge in [-0.25, -0.2) is 4.98 Å². The van der Waals surface area contributed by atoms with Gasteiger partial charge in [0.2, 0.25) is 0 Å². The third-order valence-corrected chi connectivity index (χ3v) is 5.39. The fraction of sp³-hybridized carbons (Fsp3) is 0.208. The molecule has 0 bridgehead atoms. The first-order chi connectivity index (χ1) is 15.1. The average Bonchev–Trinajstić information content (AvgIpc) is 3.41. The molecule has 1 aliphatic rings. The lowest BCUT2D eigenvalue weighted by molar-refractivity contribution is -0.139. The summed E-state index contributed by atoms with van der Waals surface area (Å²) in [7, 11) is 1.58. The van der Waals surface area contributed by atoms with Crippen molar-refractivity contribution < 1.29 is 19.4 Å². The van der Waals surface area contributed by atoms with E-state index in [-0.39, 0.29) is 11.3 Å². The Balaban J connectivity index is 1.72. The Hall–Kier alpha value is -3.87. The van der Waals surface area contributed by atoms with Crippen LogP contribution < -0.4 is 4.74 Å². The van der Waals surface area contributed by atoms with Crippen LogP contribution in [-0.4, -0.2) is 44.9 Å². The van der Waals surface area contributed by atoms with Gasteiger partial charge in [0.25, 0.3) is 11.7 Å². The normalized spacial score (nSPS) is 17.8. The van der Waals surface area contributed by atoms with Gasteiger partial charge in [0.05, 0.1) is 25.1 Å². The summed E-state index contributed by atoms with van der Waals surface area (Å²) in [5, 5.41) is 11.0. The van der Waals surface area contributed by atoms with Crippen LogP contribution in [0.4, 0.5) is 0 Å². The molecule has 1 amide bonds. The van der Waals surface area contributed by atoms with Gasteiger partial charge in [-0.1, -0.05) is 42.5 Å². The number of aromatic nitrogens is 2. The standard InChI is InChI=1S/C24H23N3O4/c1-31-19-10-8-17(9-11-19)21-20(22(28)18-6-3-2-4-7-18)23(29)24(30)27(21)14-5-13-26-15-12-25-16-26/h2-4,6-12,15-16,21,28H,5,13-14H2,1H3/b22-20+. The number of ether oxygens (including phenoxy) is 1. The molecule has 2 heterocycles. The van der Waals surface area contributed by atoms with Gasteiger partial charge < -0.3 is 19.3 Å². The number of amides is 1. The molecule has 3 aromatic rings. The third-order valence-electron chi connectivity index (χ3n) is 5.39. The number of aryl methyl sites for hydroxylation is 1. The van der Waals surface area contributed by atoms with Gasteiger partial charge in [-0.2, -0.15) is 0 Å². The molecule has 0 aliphatic carbocycles. The molecular formula is C24H23N3O4. The first-order valence-corrected chi connectivity index (χ1v) is 10.0. The minimum Gasteiger partial charge on any atom is -0.507 e. The number of hydrogen-bond donors (Lipinski definition) is 1. The van der Waals surface area contributed by atoms with Gasteiger partial charge in [-0.15, -0.1) is 0 Å². The fourth-order valence-electron chi connectivity index (χ4n) is 3.84. The second kappa shape index (κ2) is 8.87. The highest BCUT2D eigenvalue weighted by atomic mass is 16.5. The van der Waals surface area contributed by atoms with Gasteiger partial charge in [0.1, 0.15) is 11.5 Å². The fourth-order valence-corrected chi connectivity index (χ4v) is 3.84. The van der Waals surface area contributed by atoms with E-state index in [2.05, 4.69) is 4.98 Å². The Labute approximate surface area is 180 Å². The Morgan fingerprint density at radius 1 is 1.06 bits per heavy atom. The van der Waals surface area contributed by atoms with Crippen molar-refractivity contribution in [2.24, 2.45) is 0 Å². The van der Waals surface area contributed by atoms with E-state index < -0.39 is 17.7 Å². The number of rotatable bonds is 7. The van der Waals surface area contributed by atoms with Crippen molar-refractivity contribution in [2.45, 2.75) is 19.0 Å². The van der Waals surface area contributed by atoms with E-state index in [0.29, 0.717) is 30.8 Å². The molecule has 31 heavy (non-hydrogen) atoms. The molecule has 4 rings (SSSR count). The van der Waals surface area contributed by atoms with Crippen molar-refractivity contribution in [3.63, 3.8) is 0 Å². The quantitative estimate of drug-likeness (QED) is 0.362. The molecule has 1 aromatic heterocycles. The second-order valence-electron chi connectivity index (χ2n) is 7.29. The van der Waals surface area contributed by atoms with Crippen molar-refractivity contribution in [1.82, 2.24) is 14.5 Å². The molecule has 1 N–H and O–H groups in total. The maximum atomic E-state index is 13.0. The number of carbonyl (C=O) groups excluding carboxylic acids is 2. The van der Waals surface area contributed by atoms with E-state index in [1.54, 1.807) is 56.0 Å². The molecule has 0 spiro atoms. The summed E-state index contributed by atoms with van der Waals surface area (Å²) in [5.41, 5.74) is 1.33. The molecule has 1 atom stereocenters. The Morgan fingerprint density at radius 2 is 1.81 bits per heavy atom. The van der Waals surface area contributed by atoms with Crippen molar-refractivity contribution in [3.05, 3.63) is 90.0 Å². The number of methoxy groups -OCH3 is 1. The lowest BCUT2D eigenvalue weighted by Gasteiger charge is -2.25. The van der Waals surface area contributed by atoms with Gasteiger partial charge in [0.15, 0.2) is 0 Å². The lowest BCUT2D eigenvalue weighted by atomic mass is 9.95. The number of Topliss-reactive ketones (excluding diaryl/α,β-unsaturated/α-hetero) is 1. The van der Waals surface area contributed by atoms with E-state index in [0.717, 1.165) is 5.56 Å². The summed E-state index contributed by atoms with van der Waals surface area (Å²) in [6.45, 7) is 1.03. The Bertz CT molecular complexity index is 1090. The maximum absolute atomic E-state index is 13.0. The van der Waals surface area contributed by atoms with E-state index in [4.69, 9.17) is 4.74 Å². The summed E-state index contributed by atoms with van der Waals surface area (Å²) >= 11 is 0. The zero-order chi connectivity index (χ0) is 21.8. The highest BCUT2D eigenvalue weighted by Crippen LogP contribution is 2.39. The first-order valence-electron chi connectivity index (χ1n) is 10.0. The number of nitrogens with zero attached hydrogens (tertiary/aromatic N) is 3. The molecule has 2 aromatic carbocycles. The summed E-state index contributed by atoms with van der Waals surface area (Å²) in [6.07, 6.45) is 5.90. The van der Waals surface area contributed by atoms with Crippen LogP contribution in [0.15, 0.2) is 78.9 Å². The Morgan fingerprint density at radius 3 is 2.45 bits per heavy atom. The summed E-state index contributed by atoms with van der Waals surface area (Å²) in [5.74, 6) is -0.783. The minimum atomic E-state index is -0.676. The number of hydrogen-bond acceptors (Lipinski definition) is 5. The molecule has 7 heteroatoms. The van der Waals surface area contributed by atoms with Crippen molar-refractivity contribution in [2.75, 3.05) is 13.7 Å². The number of benzene rings is 2. The molecular weight excluding hydrogens is 394 g/mol. The predicted octanol–water partition coefficient (Wildman–Crippen LogP) is 3.40. The average molecular weight is 417 g/mol. The lowest BCUT2D eigenvalue weighted by Crippen LogP contribution is -2.31. The van der Waals surface area contributed by atoms with Gasteiger partial charge in [-0.3, -0.25) is 9.59 Å². The Kier molecular flexibility index (Phi) is 5.84. The van der Waals surface area contributed by atoms with Crippen molar-refractivity contribution >= 4 is 17.4 Å². The van der Waals surface area contributed by atoms with E-state index in [9.17, 15) is 14.7 Å². The smallest absolute Gasteiger partial charge is 0.295 e. The van der Waals surface area contributed by atoms with Gasteiger partial charge >= 0.3 is 0 Å². The second-order valence-corrected chi connectivity index (χ2v) is 7.29. The number of likely N-dealkylation sites (tertiary alicyclic amines) is 1. The highest BCUT2D eigenvalue weighted by molar-refractivity contribution is 6.46. The number of ketones is 1. The van der Waals surface area contributed by atoms with Crippen LogP contribution in [0.3, 0.4) is 0 Å². The van der Waals surface area contributed by atoms with Crippen LogP contribution in [0.1, 0.15) is 23.6 Å². The SMILES string of the molecule is COc1ccc(C2/C(=C(\O)c3ccccc3)C(=O)C(=O)N2CCCn2ccnc2)cc1. The monoisotopic (exact) mass is 417 g/mol. The minimum absolute atomic E-state index is 0.101. The maximum Gasteiger partial charge on any atom is 0.295 e. The summed E-state index contributed by atoms with van der Waals surface area (Å²) in [6, 6.07) is 15.3. The van der Waals surface area contributed by atoms with E-state index in [1.165, 1.54) is 4.90 Å². The molecule has 1 saturated heterocycles. The number of imidazole rings is 1. The molecule has 7 nitrogen and oxygen atoms in total. The molecule has 158 valence electrons. The van der Waals surface area contributed by atoms with Crippen LogP contribution >= 0.6 is 0 Å². The molecule has 0 radical (unpaired) electrons. The highest BCUT2D eigenvalue weighted by Gasteiger charge is 2.45. The van der Waals surface area contributed by atoms with Crippen molar-refractivity contribution in [3.8, 4) is 5.75 Å². The van der Waals surface area contributed by atoms with Crippen LogP contribution in [0.2, 0.25) is 0 Å². The van der Waals surface area contributed by atoms with Crippen molar-refractivity contribution in [1.29, 1.82) is 0 Å². The number of aliphatic hydroxyl groups is 1. The van der Waals surface area contributed by atoms with Crippen LogP contribution in [0.5, 0.6) is 5.75 Å². The molecule has 1 fully saturated rings. The largest absolute Gasteiger partial charge is 0.507 e. The first kappa shape index (κ1) is 20.4. The molecule has 1 unspecified atom stereocenters. The van der Waals surface area contributed by atoms with E-state index in [1.807, 2.05) is 29.0 Å². The van der Waals surface area contributed by atoms with Crippen LogP contribution in [0.25, 0.3) is 5.76 Å². The predicted molar refractivity (Wildman–Crippen MR) is 115 cm³/mol. The summed E-state index contributed by atoms with van der Waals surface area (Å²) < 4.78 is 7.15. The zero-order valence-corrected chi connectivity index (χ0v) is 17.1. The number of aliphatic hydroxyl groups excluding tert-OH is 1. The third kappa shape index (κ3) is 4.07. The van der Waals surface area contributed by atoms with Crippen LogP contribution in [-0.2, 0) is 16.1 Å². The van der Waals surface area contributed by atoms with Crippen LogP contribution in [0, 0.1) is 0 Å². The topological polar surface area (TPSA) is 84.7 Å². The van der Waals surface area contributed by atoms with E-state index >= 15 is 0 Å². The molecule has 1 aliphatic heterocycles. The summed E-state index contributed by atoms with van der Waals surface area (Å²) in [4.78, 5) is 31.5. The zero-order valence-electron chi connectivity index (χ0n) is 17.1. The molecule has 0 saturated carbocycles. The van der Waals surface area contributed by atoms with Gasteiger partial charge in [-0.05, 0) is 24.1 Å². The van der Waals surface area contributed by atoms with Gasteiger partial charge in [0, 0.05) is 31.0 Å². The number of carbonyl (C=O) groups is 2.